The maximum Gasteiger partial charge on any atom is 0.126 e. The first-order chi connectivity index (χ1) is 7.97. The molecule has 0 aromatic heterocycles. The average Bonchev–Trinajstić information content (AvgIpc) is 2.26. The first-order valence-electron chi connectivity index (χ1n) is 6.03. The second-order valence-corrected chi connectivity index (χ2v) is 4.84. The molecule has 0 aliphatic rings. The van der Waals surface area contributed by atoms with Crippen molar-refractivity contribution < 1.29 is 9.84 Å². The standard InChI is InChI=1S/C14H23NO2/c1-10(2)9-15(4)12-7-6-8-13(17-5)14(12)11(3)16/h6-8,10-11,16H,9H2,1-5H3. The Kier molecular flexibility index (Phi) is 4.82. The first kappa shape index (κ1) is 13.8. The fraction of sp³-hybridized carbons (Fsp3) is 0.571. The summed E-state index contributed by atoms with van der Waals surface area (Å²) in [6.45, 7) is 7.08. The highest BCUT2D eigenvalue weighted by Crippen LogP contribution is 2.34. The van der Waals surface area contributed by atoms with Gasteiger partial charge in [0.25, 0.3) is 0 Å². The van der Waals surface area contributed by atoms with Crippen molar-refractivity contribution >= 4 is 5.69 Å². The molecular weight excluding hydrogens is 214 g/mol. The Morgan fingerprint density at radius 1 is 1.29 bits per heavy atom. The molecule has 1 aromatic rings. The maximum absolute atomic E-state index is 9.89. The zero-order valence-corrected chi connectivity index (χ0v) is 11.4. The van der Waals surface area contributed by atoms with Gasteiger partial charge in [-0.2, -0.15) is 0 Å². The molecule has 1 unspecified atom stereocenters. The van der Waals surface area contributed by atoms with Crippen LogP contribution in [-0.4, -0.2) is 25.8 Å². The van der Waals surface area contributed by atoms with Crippen LogP contribution in [0.3, 0.4) is 0 Å². The lowest BCUT2D eigenvalue weighted by atomic mass is 10.0. The molecule has 0 aliphatic heterocycles. The van der Waals surface area contributed by atoms with Crippen LogP contribution in [0.4, 0.5) is 5.69 Å². The van der Waals surface area contributed by atoms with Crippen molar-refractivity contribution in [3.05, 3.63) is 23.8 Å². The van der Waals surface area contributed by atoms with Crippen molar-refractivity contribution in [3.63, 3.8) is 0 Å². The molecule has 1 atom stereocenters. The van der Waals surface area contributed by atoms with E-state index in [0.717, 1.165) is 23.5 Å². The van der Waals surface area contributed by atoms with Gasteiger partial charge in [0.15, 0.2) is 0 Å². The van der Waals surface area contributed by atoms with Gasteiger partial charge in [-0.25, -0.2) is 0 Å². The lowest BCUT2D eigenvalue weighted by molar-refractivity contribution is 0.194. The molecule has 0 radical (unpaired) electrons. The number of hydrogen-bond donors (Lipinski definition) is 1. The van der Waals surface area contributed by atoms with Crippen LogP contribution >= 0.6 is 0 Å². The van der Waals surface area contributed by atoms with Crippen molar-refractivity contribution in [3.8, 4) is 5.75 Å². The van der Waals surface area contributed by atoms with E-state index in [1.165, 1.54) is 0 Å². The molecule has 0 heterocycles. The fourth-order valence-corrected chi connectivity index (χ4v) is 2.11. The SMILES string of the molecule is COc1cccc(N(C)CC(C)C)c1C(C)O. The van der Waals surface area contributed by atoms with Crippen LogP contribution in [0.2, 0.25) is 0 Å². The Hall–Kier alpha value is -1.22. The normalized spacial score (nSPS) is 12.6. The lowest BCUT2D eigenvalue weighted by Crippen LogP contribution is -2.24. The van der Waals surface area contributed by atoms with E-state index < -0.39 is 6.10 Å². The smallest absolute Gasteiger partial charge is 0.126 e. The van der Waals surface area contributed by atoms with Crippen LogP contribution in [0, 0.1) is 5.92 Å². The van der Waals surface area contributed by atoms with Gasteiger partial charge < -0.3 is 14.7 Å². The monoisotopic (exact) mass is 237 g/mol. The third-order valence-corrected chi connectivity index (χ3v) is 2.73. The molecule has 1 N–H and O–H groups in total. The van der Waals surface area contributed by atoms with E-state index in [1.54, 1.807) is 14.0 Å². The summed E-state index contributed by atoms with van der Waals surface area (Å²) in [5.74, 6) is 1.32. The van der Waals surface area contributed by atoms with Gasteiger partial charge in [0, 0.05) is 24.8 Å². The Morgan fingerprint density at radius 2 is 1.94 bits per heavy atom. The molecule has 96 valence electrons. The zero-order chi connectivity index (χ0) is 13.0. The zero-order valence-electron chi connectivity index (χ0n) is 11.4. The molecule has 0 saturated carbocycles. The third-order valence-electron chi connectivity index (χ3n) is 2.73. The summed E-state index contributed by atoms with van der Waals surface area (Å²) >= 11 is 0. The van der Waals surface area contributed by atoms with Gasteiger partial charge in [-0.1, -0.05) is 19.9 Å². The summed E-state index contributed by atoms with van der Waals surface area (Å²) in [6.07, 6.45) is -0.532. The van der Waals surface area contributed by atoms with E-state index in [2.05, 4.69) is 18.7 Å². The molecule has 3 nitrogen and oxygen atoms in total. The topological polar surface area (TPSA) is 32.7 Å². The van der Waals surface area contributed by atoms with Crippen LogP contribution < -0.4 is 9.64 Å². The minimum Gasteiger partial charge on any atom is -0.496 e. The quantitative estimate of drug-likeness (QED) is 0.854. The number of anilines is 1. The minimum absolute atomic E-state index is 0.532. The van der Waals surface area contributed by atoms with E-state index in [-0.39, 0.29) is 0 Å². The summed E-state index contributed by atoms with van der Waals surface area (Å²) in [5, 5.41) is 9.89. The summed E-state index contributed by atoms with van der Waals surface area (Å²) in [4.78, 5) is 2.16. The number of nitrogens with zero attached hydrogens (tertiary/aromatic N) is 1. The molecule has 0 saturated heterocycles. The van der Waals surface area contributed by atoms with Crippen LogP contribution in [0.15, 0.2) is 18.2 Å². The average molecular weight is 237 g/mol. The minimum atomic E-state index is -0.532. The van der Waals surface area contributed by atoms with E-state index in [4.69, 9.17) is 4.74 Å². The summed E-state index contributed by atoms with van der Waals surface area (Å²) in [5.41, 5.74) is 1.89. The van der Waals surface area contributed by atoms with Crippen LogP contribution in [-0.2, 0) is 0 Å². The van der Waals surface area contributed by atoms with Crippen molar-refractivity contribution in [1.29, 1.82) is 0 Å². The lowest BCUT2D eigenvalue weighted by Gasteiger charge is -2.26. The predicted molar refractivity (Wildman–Crippen MR) is 71.7 cm³/mol. The van der Waals surface area contributed by atoms with Crippen molar-refractivity contribution in [2.75, 3.05) is 25.6 Å². The first-order valence-corrected chi connectivity index (χ1v) is 6.03. The number of methoxy groups -OCH3 is 1. The fourth-order valence-electron chi connectivity index (χ4n) is 2.11. The van der Waals surface area contributed by atoms with Gasteiger partial charge in [0.2, 0.25) is 0 Å². The van der Waals surface area contributed by atoms with Crippen molar-refractivity contribution in [1.82, 2.24) is 0 Å². The summed E-state index contributed by atoms with van der Waals surface area (Å²) in [6, 6.07) is 5.86. The Morgan fingerprint density at radius 3 is 2.41 bits per heavy atom. The molecule has 1 rings (SSSR count). The largest absolute Gasteiger partial charge is 0.496 e. The number of aliphatic hydroxyl groups is 1. The number of aliphatic hydroxyl groups excluding tert-OH is 1. The highest BCUT2D eigenvalue weighted by atomic mass is 16.5. The predicted octanol–water partition coefficient (Wildman–Crippen LogP) is 2.84. The molecule has 1 aromatic carbocycles. The Balaban J connectivity index is 3.13. The third kappa shape index (κ3) is 3.37. The number of ether oxygens (including phenoxy) is 1. The molecule has 17 heavy (non-hydrogen) atoms. The number of hydrogen-bond acceptors (Lipinski definition) is 3. The highest BCUT2D eigenvalue weighted by Gasteiger charge is 2.17. The van der Waals surface area contributed by atoms with E-state index in [9.17, 15) is 5.11 Å². The second kappa shape index (κ2) is 5.92. The molecule has 0 spiro atoms. The van der Waals surface area contributed by atoms with Crippen LogP contribution in [0.25, 0.3) is 0 Å². The Bertz CT molecular complexity index is 361. The Labute approximate surface area is 104 Å². The summed E-state index contributed by atoms with van der Waals surface area (Å²) in [7, 11) is 3.67. The van der Waals surface area contributed by atoms with Gasteiger partial charge in [-0.15, -0.1) is 0 Å². The van der Waals surface area contributed by atoms with E-state index in [0.29, 0.717) is 5.92 Å². The van der Waals surface area contributed by atoms with E-state index in [1.807, 2.05) is 25.2 Å². The molecule has 0 fully saturated rings. The van der Waals surface area contributed by atoms with Crippen LogP contribution in [0.5, 0.6) is 5.75 Å². The van der Waals surface area contributed by atoms with E-state index >= 15 is 0 Å². The number of rotatable bonds is 5. The van der Waals surface area contributed by atoms with Crippen LogP contribution in [0.1, 0.15) is 32.4 Å². The maximum atomic E-state index is 9.89. The highest BCUT2D eigenvalue weighted by molar-refractivity contribution is 5.60. The molecular formula is C14H23NO2. The number of benzene rings is 1. The molecule has 0 amide bonds. The van der Waals surface area contributed by atoms with Gasteiger partial charge in [0.1, 0.15) is 5.75 Å². The molecule has 0 bridgehead atoms. The van der Waals surface area contributed by atoms with Gasteiger partial charge in [0.05, 0.1) is 13.2 Å². The van der Waals surface area contributed by atoms with Gasteiger partial charge in [-0.05, 0) is 25.0 Å². The molecule has 0 aliphatic carbocycles. The second-order valence-electron chi connectivity index (χ2n) is 4.84. The molecule has 3 heteroatoms. The van der Waals surface area contributed by atoms with Crippen molar-refractivity contribution in [2.45, 2.75) is 26.9 Å². The van der Waals surface area contributed by atoms with Gasteiger partial charge >= 0.3 is 0 Å². The van der Waals surface area contributed by atoms with Crippen molar-refractivity contribution in [2.24, 2.45) is 5.92 Å². The summed E-state index contributed by atoms with van der Waals surface area (Å²) < 4.78 is 5.32. The van der Waals surface area contributed by atoms with Gasteiger partial charge in [-0.3, -0.25) is 0 Å².